The first-order valence-corrected chi connectivity index (χ1v) is 6.81. The maximum absolute atomic E-state index is 12.8. The van der Waals surface area contributed by atoms with Crippen LogP contribution in [-0.2, 0) is 14.2 Å². The van der Waals surface area contributed by atoms with Crippen LogP contribution < -0.4 is 0 Å². The van der Waals surface area contributed by atoms with Crippen LogP contribution in [0.4, 0.5) is 4.39 Å². The Balaban J connectivity index is 1.68. The molecule has 3 nitrogen and oxygen atoms in total. The van der Waals surface area contributed by atoms with Crippen LogP contribution >= 0.6 is 0 Å². The van der Waals surface area contributed by atoms with Gasteiger partial charge in [-0.05, 0) is 12.2 Å². The predicted molar refractivity (Wildman–Crippen MR) is 71.6 cm³/mol. The van der Waals surface area contributed by atoms with Crippen molar-refractivity contribution in [3.63, 3.8) is 0 Å². The topological polar surface area (TPSA) is 27.7 Å². The van der Waals surface area contributed by atoms with Crippen LogP contribution in [0.25, 0.3) is 0 Å². The van der Waals surface area contributed by atoms with Crippen molar-refractivity contribution in [2.45, 2.75) is 36.8 Å². The second-order valence-corrected chi connectivity index (χ2v) is 5.33. The zero-order chi connectivity index (χ0) is 13.2. The summed E-state index contributed by atoms with van der Waals surface area (Å²) in [7, 11) is 2.01. The normalized spacial score (nSPS) is 38.7. The summed E-state index contributed by atoms with van der Waals surface area (Å²) in [4.78, 5) is 0. The number of alkyl halides is 1. The first-order valence-electron chi connectivity index (χ1n) is 6.81. The van der Waals surface area contributed by atoms with Gasteiger partial charge in [-0.2, -0.15) is 0 Å². The largest absolute Gasteiger partial charge is 0.368 e. The second-order valence-electron chi connectivity index (χ2n) is 5.33. The summed E-state index contributed by atoms with van der Waals surface area (Å²) < 4.78 is 30.2. The van der Waals surface area contributed by atoms with E-state index in [4.69, 9.17) is 14.2 Å². The lowest BCUT2D eigenvalue weighted by Gasteiger charge is -2.44. The van der Waals surface area contributed by atoms with Crippen LogP contribution in [-0.4, -0.2) is 39.4 Å². The van der Waals surface area contributed by atoms with Gasteiger partial charge in [0.05, 0.1) is 18.8 Å². The second kappa shape index (κ2) is 5.61. The number of hydrogen-bond donors (Lipinski definition) is 0. The molecule has 0 aromatic heterocycles. The molecule has 0 amide bonds. The van der Waals surface area contributed by atoms with Gasteiger partial charge in [-0.1, -0.05) is 30.3 Å². The summed E-state index contributed by atoms with van der Waals surface area (Å²) in [6.45, 7) is 0.0277. The molecule has 19 heavy (non-hydrogen) atoms. The third-order valence-corrected chi connectivity index (χ3v) is 3.94. The van der Waals surface area contributed by atoms with Crippen LogP contribution in [0.3, 0.4) is 0 Å². The van der Waals surface area contributed by atoms with Gasteiger partial charge in [0.1, 0.15) is 20.6 Å². The maximum Gasteiger partial charge on any atom is 0.184 e. The molecule has 0 radical (unpaired) electrons. The van der Waals surface area contributed by atoms with Gasteiger partial charge in [0.15, 0.2) is 6.29 Å². The molecule has 2 heterocycles. The van der Waals surface area contributed by atoms with Crippen molar-refractivity contribution in [3.05, 3.63) is 35.9 Å². The summed E-state index contributed by atoms with van der Waals surface area (Å²) in [5.74, 6) is 0.181. The van der Waals surface area contributed by atoms with Gasteiger partial charge in [-0.3, -0.25) is 0 Å². The molecule has 2 aliphatic heterocycles. The quantitative estimate of drug-likeness (QED) is 0.760. The highest BCUT2D eigenvalue weighted by Crippen LogP contribution is 2.37. The number of fused-ring (bicyclic) bond motifs is 1. The molecule has 3 rings (SSSR count). The molecule has 0 N–H and O–H groups in total. The molecule has 5 heteroatoms. The van der Waals surface area contributed by atoms with Crippen LogP contribution in [0.5, 0.6) is 0 Å². The minimum atomic E-state index is -0.438. The van der Waals surface area contributed by atoms with Gasteiger partial charge in [0.2, 0.25) is 0 Å². The lowest BCUT2D eigenvalue weighted by Crippen LogP contribution is -2.50. The maximum atomic E-state index is 12.8. The zero-order valence-electron chi connectivity index (χ0n) is 11.0. The van der Waals surface area contributed by atoms with E-state index in [0.717, 1.165) is 12.0 Å². The molecule has 0 spiro atoms. The lowest BCUT2D eigenvalue weighted by molar-refractivity contribution is -0.288. The lowest BCUT2D eigenvalue weighted by atomic mass is 9.75. The molecule has 0 saturated carbocycles. The molecule has 1 unspecified atom stereocenters. The van der Waals surface area contributed by atoms with E-state index in [9.17, 15) is 4.39 Å². The Labute approximate surface area is 113 Å². The van der Waals surface area contributed by atoms with Gasteiger partial charge in [-0.15, -0.1) is 0 Å². The molecule has 102 valence electrons. The number of rotatable bonds is 2. The van der Waals surface area contributed by atoms with Crippen LogP contribution in [0.1, 0.15) is 18.3 Å². The van der Waals surface area contributed by atoms with Crippen LogP contribution in [0.15, 0.2) is 30.3 Å². The van der Waals surface area contributed by atoms with E-state index in [-0.39, 0.29) is 30.4 Å². The van der Waals surface area contributed by atoms with Gasteiger partial charge in [0, 0.05) is 5.56 Å². The van der Waals surface area contributed by atoms with Crippen molar-refractivity contribution < 1.29 is 18.6 Å². The van der Waals surface area contributed by atoms with Crippen LogP contribution in [0.2, 0.25) is 5.82 Å². The van der Waals surface area contributed by atoms with Gasteiger partial charge >= 0.3 is 0 Å². The Morgan fingerprint density at radius 2 is 1.95 bits per heavy atom. The standard InChI is InChI=1S/C14H18BFO3/c15-10-6-11-13(18-12(10)7-16)8-17-14(19-11)9-4-2-1-3-5-9/h1-5,10-14H,6-8,15H2/t10-,11-,12?,13+,14+/m0/s1. The van der Waals surface area contributed by atoms with E-state index in [2.05, 4.69) is 0 Å². The van der Waals surface area contributed by atoms with Crippen molar-refractivity contribution in [3.8, 4) is 0 Å². The monoisotopic (exact) mass is 264 g/mol. The summed E-state index contributed by atoms with van der Waals surface area (Å²) in [6, 6.07) is 9.87. The van der Waals surface area contributed by atoms with Gasteiger partial charge in [-0.25, -0.2) is 4.39 Å². The van der Waals surface area contributed by atoms with Crippen molar-refractivity contribution in [2.75, 3.05) is 13.3 Å². The Morgan fingerprint density at radius 3 is 2.68 bits per heavy atom. The third-order valence-electron chi connectivity index (χ3n) is 3.94. The number of halogens is 1. The predicted octanol–water partition coefficient (Wildman–Crippen LogP) is 1.65. The molecule has 0 bridgehead atoms. The van der Waals surface area contributed by atoms with Crippen molar-refractivity contribution in [1.82, 2.24) is 0 Å². The van der Waals surface area contributed by atoms with Crippen LogP contribution in [0, 0.1) is 0 Å². The van der Waals surface area contributed by atoms with E-state index >= 15 is 0 Å². The molecule has 2 fully saturated rings. The summed E-state index contributed by atoms with van der Waals surface area (Å²) in [6.07, 6.45) is 0.0296. The smallest absolute Gasteiger partial charge is 0.184 e. The van der Waals surface area contributed by atoms with E-state index in [1.165, 1.54) is 0 Å². The first kappa shape index (κ1) is 13.1. The number of benzene rings is 1. The molecule has 1 aromatic rings. The number of hydrogen-bond acceptors (Lipinski definition) is 3. The fraction of sp³-hybridized carbons (Fsp3) is 0.571. The minimum Gasteiger partial charge on any atom is -0.368 e. The highest BCUT2D eigenvalue weighted by molar-refractivity contribution is 6.12. The Morgan fingerprint density at radius 1 is 1.16 bits per heavy atom. The van der Waals surface area contributed by atoms with E-state index < -0.39 is 6.67 Å². The molecule has 0 aliphatic carbocycles. The molecule has 2 aliphatic rings. The molecular weight excluding hydrogens is 246 g/mol. The average molecular weight is 264 g/mol. The van der Waals surface area contributed by atoms with Gasteiger partial charge in [0.25, 0.3) is 0 Å². The Kier molecular flexibility index (Phi) is 3.87. The SMILES string of the molecule is B[C@H]1C[C@@H]2O[C@H](c3ccccc3)OC[C@H]2OC1CF. The van der Waals surface area contributed by atoms with Crippen molar-refractivity contribution in [2.24, 2.45) is 0 Å². The van der Waals surface area contributed by atoms with E-state index in [0.29, 0.717) is 6.61 Å². The Bertz CT molecular complexity index is 416. The summed E-state index contributed by atoms with van der Waals surface area (Å²) in [5, 5.41) is 0. The van der Waals surface area contributed by atoms with E-state index in [1.807, 2.05) is 38.2 Å². The first-order chi connectivity index (χ1) is 9.28. The summed E-state index contributed by atoms with van der Waals surface area (Å²) >= 11 is 0. The summed E-state index contributed by atoms with van der Waals surface area (Å²) in [5.41, 5.74) is 1.02. The third kappa shape index (κ3) is 2.68. The highest BCUT2D eigenvalue weighted by atomic mass is 19.1. The number of ether oxygens (including phenoxy) is 3. The molecular formula is C14H18BFO3. The zero-order valence-corrected chi connectivity index (χ0v) is 11.0. The Hall–Kier alpha value is -0.905. The van der Waals surface area contributed by atoms with Gasteiger partial charge < -0.3 is 14.2 Å². The average Bonchev–Trinajstić information content (AvgIpc) is 2.47. The van der Waals surface area contributed by atoms with Crippen molar-refractivity contribution in [1.29, 1.82) is 0 Å². The fourth-order valence-electron chi connectivity index (χ4n) is 2.76. The molecule has 2 saturated heterocycles. The molecule has 1 aromatic carbocycles. The van der Waals surface area contributed by atoms with Crippen molar-refractivity contribution >= 4 is 7.85 Å². The minimum absolute atomic E-state index is 0.00300. The highest BCUT2D eigenvalue weighted by Gasteiger charge is 2.41. The van der Waals surface area contributed by atoms with E-state index in [1.54, 1.807) is 0 Å². The molecule has 5 atom stereocenters. The fourth-order valence-corrected chi connectivity index (χ4v) is 2.76.